The number of sulfonamides is 1. The van der Waals surface area contributed by atoms with Gasteiger partial charge in [0.25, 0.3) is 0 Å². The lowest BCUT2D eigenvalue weighted by atomic mass is 9.92. The van der Waals surface area contributed by atoms with Gasteiger partial charge in [0.1, 0.15) is 16.1 Å². The third-order valence-corrected chi connectivity index (χ3v) is 6.22. The molecule has 0 bridgehead atoms. The summed E-state index contributed by atoms with van der Waals surface area (Å²) in [4.78, 5) is 11.8. The zero-order valence-corrected chi connectivity index (χ0v) is 13.2. The van der Waals surface area contributed by atoms with Crippen molar-refractivity contribution in [2.24, 2.45) is 0 Å². The van der Waals surface area contributed by atoms with Crippen molar-refractivity contribution in [3.8, 4) is 0 Å². The minimum absolute atomic E-state index is 0.00821. The fraction of sp³-hybridized carbons (Fsp3) is 0.692. The van der Waals surface area contributed by atoms with E-state index in [0.29, 0.717) is 25.7 Å². The number of carboxylic acid groups (broad SMARTS) is 1. The van der Waals surface area contributed by atoms with E-state index in [-0.39, 0.29) is 22.9 Å². The summed E-state index contributed by atoms with van der Waals surface area (Å²) in [6.07, 6.45) is 1.76. The van der Waals surface area contributed by atoms with Gasteiger partial charge in [0.15, 0.2) is 5.76 Å². The predicted molar refractivity (Wildman–Crippen MR) is 74.4 cm³/mol. The first-order chi connectivity index (χ1) is 9.77. The Morgan fingerprint density at radius 3 is 2.62 bits per heavy atom. The van der Waals surface area contributed by atoms with Crippen LogP contribution in [-0.2, 0) is 14.8 Å². The second kappa shape index (κ2) is 5.42. The van der Waals surface area contributed by atoms with E-state index in [0.717, 1.165) is 4.31 Å². The lowest BCUT2D eigenvalue weighted by Crippen LogP contribution is -2.53. The van der Waals surface area contributed by atoms with Crippen molar-refractivity contribution in [3.05, 3.63) is 11.5 Å². The van der Waals surface area contributed by atoms with Crippen LogP contribution in [0.5, 0.6) is 0 Å². The molecule has 21 heavy (non-hydrogen) atoms. The van der Waals surface area contributed by atoms with Gasteiger partial charge in [-0.15, -0.1) is 0 Å². The lowest BCUT2D eigenvalue weighted by Gasteiger charge is -2.33. The number of aryl methyl sites for hydroxylation is 2. The van der Waals surface area contributed by atoms with Crippen molar-refractivity contribution in [1.82, 2.24) is 9.46 Å². The molecule has 1 unspecified atom stereocenters. The smallest absolute Gasteiger partial charge is 0.325 e. The van der Waals surface area contributed by atoms with Crippen LogP contribution in [0.4, 0.5) is 0 Å². The van der Waals surface area contributed by atoms with E-state index in [1.54, 1.807) is 6.92 Å². The summed E-state index contributed by atoms with van der Waals surface area (Å²) >= 11 is 0. The Hall–Kier alpha value is -1.41. The normalized spacial score (nSPS) is 23.6. The molecule has 0 spiro atoms. The summed E-state index contributed by atoms with van der Waals surface area (Å²) in [5, 5.41) is 13.3. The monoisotopic (exact) mass is 316 g/mol. The SMILES string of the molecule is CCCC1(C(=O)O)CCCN1S(=O)(=O)c1c(C)noc1C. The van der Waals surface area contributed by atoms with Crippen LogP contribution in [0, 0.1) is 13.8 Å². The first-order valence-corrected chi connectivity index (χ1v) is 8.40. The second-order valence-electron chi connectivity index (χ2n) is 5.42. The number of hydrogen-bond acceptors (Lipinski definition) is 5. The van der Waals surface area contributed by atoms with Gasteiger partial charge in [0.05, 0.1) is 0 Å². The zero-order valence-electron chi connectivity index (χ0n) is 12.4. The molecule has 1 saturated heterocycles. The molecule has 1 aliphatic rings. The minimum atomic E-state index is -3.94. The summed E-state index contributed by atoms with van der Waals surface area (Å²) in [5.74, 6) is -0.896. The molecule has 1 N–H and O–H groups in total. The van der Waals surface area contributed by atoms with E-state index >= 15 is 0 Å². The Morgan fingerprint density at radius 1 is 1.48 bits per heavy atom. The van der Waals surface area contributed by atoms with Crippen LogP contribution in [0.25, 0.3) is 0 Å². The van der Waals surface area contributed by atoms with E-state index in [1.165, 1.54) is 6.92 Å². The van der Waals surface area contributed by atoms with Crippen LogP contribution in [0.3, 0.4) is 0 Å². The predicted octanol–water partition coefficient (Wildman–Crippen LogP) is 1.70. The second-order valence-corrected chi connectivity index (χ2v) is 7.22. The van der Waals surface area contributed by atoms with E-state index < -0.39 is 21.5 Å². The minimum Gasteiger partial charge on any atom is -0.480 e. The molecule has 0 radical (unpaired) electrons. The summed E-state index contributed by atoms with van der Waals surface area (Å²) in [5.41, 5.74) is -1.10. The van der Waals surface area contributed by atoms with Crippen LogP contribution in [0.1, 0.15) is 44.1 Å². The number of aromatic nitrogens is 1. The van der Waals surface area contributed by atoms with Crippen molar-refractivity contribution >= 4 is 16.0 Å². The summed E-state index contributed by atoms with van der Waals surface area (Å²) in [6.45, 7) is 5.12. The molecule has 118 valence electrons. The third kappa shape index (κ3) is 2.36. The molecule has 2 rings (SSSR count). The van der Waals surface area contributed by atoms with Crippen molar-refractivity contribution < 1.29 is 22.8 Å². The number of aliphatic carboxylic acids is 1. The molecule has 1 aliphatic heterocycles. The number of carboxylic acids is 1. The maximum Gasteiger partial charge on any atom is 0.325 e. The largest absolute Gasteiger partial charge is 0.480 e. The third-order valence-electron chi connectivity index (χ3n) is 4.01. The Kier molecular flexibility index (Phi) is 4.12. The Labute approximate surface area is 124 Å². The van der Waals surface area contributed by atoms with E-state index in [4.69, 9.17) is 4.52 Å². The van der Waals surface area contributed by atoms with Gasteiger partial charge in [-0.2, -0.15) is 4.31 Å². The van der Waals surface area contributed by atoms with Crippen LogP contribution in [0.2, 0.25) is 0 Å². The first kappa shape index (κ1) is 16.0. The highest BCUT2D eigenvalue weighted by Crippen LogP contribution is 2.39. The van der Waals surface area contributed by atoms with Gasteiger partial charge in [-0.05, 0) is 33.1 Å². The molecule has 7 nitrogen and oxygen atoms in total. The van der Waals surface area contributed by atoms with Gasteiger partial charge >= 0.3 is 5.97 Å². The van der Waals surface area contributed by atoms with Crippen molar-refractivity contribution in [3.63, 3.8) is 0 Å². The van der Waals surface area contributed by atoms with Gasteiger partial charge < -0.3 is 9.63 Å². The Balaban J connectivity index is 2.56. The summed E-state index contributed by atoms with van der Waals surface area (Å²) in [7, 11) is -3.94. The van der Waals surface area contributed by atoms with Crippen LogP contribution >= 0.6 is 0 Å². The zero-order chi connectivity index (χ0) is 15.8. The summed E-state index contributed by atoms with van der Waals surface area (Å²) in [6, 6.07) is 0. The molecule has 0 amide bonds. The highest BCUT2D eigenvalue weighted by Gasteiger charge is 2.53. The maximum atomic E-state index is 12.9. The first-order valence-electron chi connectivity index (χ1n) is 6.96. The molecule has 2 heterocycles. The van der Waals surface area contributed by atoms with Gasteiger partial charge in [-0.25, -0.2) is 8.42 Å². The number of rotatable bonds is 5. The van der Waals surface area contributed by atoms with Crippen molar-refractivity contribution in [2.75, 3.05) is 6.54 Å². The molecule has 0 saturated carbocycles. The lowest BCUT2D eigenvalue weighted by molar-refractivity contribution is -0.147. The van der Waals surface area contributed by atoms with E-state index in [2.05, 4.69) is 5.16 Å². The van der Waals surface area contributed by atoms with Crippen LogP contribution in [0.15, 0.2) is 9.42 Å². The average Bonchev–Trinajstić information content (AvgIpc) is 2.95. The highest BCUT2D eigenvalue weighted by molar-refractivity contribution is 7.89. The molecule has 0 aromatic carbocycles. The molecule has 1 fully saturated rings. The number of hydrogen-bond donors (Lipinski definition) is 1. The van der Waals surface area contributed by atoms with Gasteiger partial charge in [0, 0.05) is 6.54 Å². The van der Waals surface area contributed by atoms with Crippen molar-refractivity contribution in [1.29, 1.82) is 0 Å². The molecule has 0 aliphatic carbocycles. The fourth-order valence-electron chi connectivity index (χ4n) is 3.14. The van der Waals surface area contributed by atoms with Gasteiger partial charge in [-0.1, -0.05) is 18.5 Å². The average molecular weight is 316 g/mol. The van der Waals surface area contributed by atoms with Crippen LogP contribution < -0.4 is 0 Å². The highest BCUT2D eigenvalue weighted by atomic mass is 32.2. The Morgan fingerprint density at radius 2 is 2.14 bits per heavy atom. The molecule has 8 heteroatoms. The fourth-order valence-corrected chi connectivity index (χ4v) is 5.26. The van der Waals surface area contributed by atoms with Gasteiger partial charge in [-0.3, -0.25) is 4.79 Å². The van der Waals surface area contributed by atoms with E-state index in [1.807, 2.05) is 6.92 Å². The molecular formula is C13H20N2O5S. The molecular weight excluding hydrogens is 296 g/mol. The van der Waals surface area contributed by atoms with E-state index in [9.17, 15) is 18.3 Å². The quantitative estimate of drug-likeness (QED) is 0.887. The maximum absolute atomic E-state index is 12.9. The number of carbonyl (C=O) groups is 1. The topological polar surface area (TPSA) is 101 Å². The molecule has 1 atom stereocenters. The van der Waals surface area contributed by atoms with Crippen molar-refractivity contribution in [2.45, 2.75) is 56.9 Å². The standard InChI is InChI=1S/C13H20N2O5S/c1-4-6-13(12(16)17)7-5-8-15(13)21(18,19)11-9(2)14-20-10(11)3/h4-8H2,1-3H3,(H,16,17). The molecule has 1 aromatic rings. The Bertz CT molecular complexity index is 632. The summed E-state index contributed by atoms with van der Waals surface area (Å²) < 4.78 is 31.8. The molecule has 1 aromatic heterocycles. The number of nitrogens with zero attached hydrogens (tertiary/aromatic N) is 2. The van der Waals surface area contributed by atoms with Crippen LogP contribution in [-0.4, -0.2) is 41.0 Å². The van der Waals surface area contributed by atoms with Gasteiger partial charge in [0.2, 0.25) is 10.0 Å².